The summed E-state index contributed by atoms with van der Waals surface area (Å²) in [6.45, 7) is 2.84. The summed E-state index contributed by atoms with van der Waals surface area (Å²) in [4.78, 5) is 0. The van der Waals surface area contributed by atoms with Crippen molar-refractivity contribution in [2.45, 2.75) is 58.0 Å². The van der Waals surface area contributed by atoms with E-state index < -0.39 is 0 Å². The maximum Gasteiger partial charge on any atom is 0.127 e. The lowest BCUT2D eigenvalue weighted by molar-refractivity contribution is 0.277. The molecule has 1 aliphatic carbocycles. The lowest BCUT2D eigenvalue weighted by Gasteiger charge is -2.29. The molecular weight excluding hydrogens is 261 g/mol. The molecule has 0 unspecified atom stereocenters. The number of halogens is 2. The van der Waals surface area contributed by atoms with E-state index in [2.05, 4.69) is 12.2 Å². The van der Waals surface area contributed by atoms with Gasteiger partial charge in [0, 0.05) is 23.2 Å². The highest BCUT2D eigenvalue weighted by Gasteiger charge is 2.20. The summed E-state index contributed by atoms with van der Waals surface area (Å²) in [5, 5.41) is 4.07. The van der Waals surface area contributed by atoms with Crippen molar-refractivity contribution in [3.05, 3.63) is 34.6 Å². The van der Waals surface area contributed by atoms with Crippen molar-refractivity contribution in [3.63, 3.8) is 0 Å². The molecule has 0 radical (unpaired) electrons. The molecule has 0 bridgehead atoms. The Morgan fingerprint density at radius 2 is 2.00 bits per heavy atom. The van der Waals surface area contributed by atoms with E-state index in [0.29, 0.717) is 23.2 Å². The van der Waals surface area contributed by atoms with Gasteiger partial charge in [-0.25, -0.2) is 4.39 Å². The molecular formula is C16H23ClFN. The Balaban J connectivity index is 1.79. The molecule has 0 aromatic heterocycles. The summed E-state index contributed by atoms with van der Waals surface area (Å²) in [6, 6.07) is 5.28. The summed E-state index contributed by atoms with van der Waals surface area (Å²) in [5.41, 5.74) is 0.670. The second-order valence-corrected chi connectivity index (χ2v) is 6.06. The van der Waals surface area contributed by atoms with Gasteiger partial charge in [0.15, 0.2) is 0 Å². The highest BCUT2D eigenvalue weighted by molar-refractivity contribution is 6.30. The molecule has 1 aliphatic rings. The molecule has 3 heteroatoms. The fraction of sp³-hybridized carbons (Fsp3) is 0.625. The van der Waals surface area contributed by atoms with Crippen LogP contribution in [0.3, 0.4) is 0 Å². The molecule has 106 valence electrons. The minimum atomic E-state index is -0.170. The van der Waals surface area contributed by atoms with Gasteiger partial charge in [-0.1, -0.05) is 31.4 Å². The van der Waals surface area contributed by atoms with E-state index in [9.17, 15) is 4.39 Å². The van der Waals surface area contributed by atoms with Crippen LogP contribution in [0.25, 0.3) is 0 Å². The zero-order chi connectivity index (χ0) is 13.7. The summed E-state index contributed by atoms with van der Waals surface area (Å²) in [7, 11) is 0. The lowest BCUT2D eigenvalue weighted by Crippen LogP contribution is -2.33. The zero-order valence-electron chi connectivity index (χ0n) is 11.6. The van der Waals surface area contributed by atoms with Crippen molar-refractivity contribution < 1.29 is 4.39 Å². The van der Waals surface area contributed by atoms with Crippen molar-refractivity contribution in [2.75, 3.05) is 0 Å². The summed E-state index contributed by atoms with van der Waals surface area (Å²) in [5.74, 6) is 0.738. The Morgan fingerprint density at radius 3 is 2.68 bits per heavy atom. The zero-order valence-corrected chi connectivity index (χ0v) is 12.3. The van der Waals surface area contributed by atoms with E-state index in [1.807, 2.05) is 0 Å². The van der Waals surface area contributed by atoms with Gasteiger partial charge in [0.25, 0.3) is 0 Å². The van der Waals surface area contributed by atoms with Crippen LogP contribution in [-0.2, 0) is 6.54 Å². The molecule has 0 atom stereocenters. The van der Waals surface area contributed by atoms with Crippen molar-refractivity contribution in [1.82, 2.24) is 5.32 Å². The van der Waals surface area contributed by atoms with E-state index in [1.165, 1.54) is 44.6 Å². The molecule has 1 N–H and O–H groups in total. The lowest BCUT2D eigenvalue weighted by atomic mass is 9.83. The largest absolute Gasteiger partial charge is 0.310 e. The quantitative estimate of drug-likeness (QED) is 0.808. The topological polar surface area (TPSA) is 12.0 Å². The average molecular weight is 284 g/mol. The predicted octanol–water partition coefficient (Wildman–Crippen LogP) is 4.93. The first kappa shape index (κ1) is 14.8. The first-order chi connectivity index (χ1) is 9.19. The fourth-order valence-electron chi connectivity index (χ4n) is 3.00. The van der Waals surface area contributed by atoms with Gasteiger partial charge in [-0.3, -0.25) is 0 Å². The first-order valence-corrected chi connectivity index (χ1v) is 7.74. The number of hydrogen-bond donors (Lipinski definition) is 1. The highest BCUT2D eigenvalue weighted by atomic mass is 35.5. The molecule has 0 aliphatic heterocycles. The van der Waals surface area contributed by atoms with Crippen molar-refractivity contribution >= 4 is 11.6 Å². The minimum Gasteiger partial charge on any atom is -0.310 e. The maximum absolute atomic E-state index is 13.6. The van der Waals surface area contributed by atoms with E-state index >= 15 is 0 Å². The Kier molecular flexibility index (Phi) is 5.65. The van der Waals surface area contributed by atoms with Crippen molar-refractivity contribution in [2.24, 2.45) is 5.92 Å². The Hall–Kier alpha value is -0.600. The van der Waals surface area contributed by atoms with Crippen LogP contribution < -0.4 is 5.32 Å². The second kappa shape index (κ2) is 7.25. The van der Waals surface area contributed by atoms with Crippen molar-refractivity contribution in [1.29, 1.82) is 0 Å². The first-order valence-electron chi connectivity index (χ1n) is 7.36. The van der Waals surface area contributed by atoms with Gasteiger partial charge in [0.1, 0.15) is 5.82 Å². The third-order valence-electron chi connectivity index (χ3n) is 4.13. The Bertz CT molecular complexity index is 400. The smallest absolute Gasteiger partial charge is 0.127 e. The van der Waals surface area contributed by atoms with Crippen LogP contribution in [0, 0.1) is 11.7 Å². The third kappa shape index (κ3) is 4.47. The molecule has 0 spiro atoms. The number of hydrogen-bond acceptors (Lipinski definition) is 1. The van der Waals surface area contributed by atoms with Gasteiger partial charge in [-0.2, -0.15) is 0 Å². The van der Waals surface area contributed by atoms with E-state index in [-0.39, 0.29) is 5.82 Å². The van der Waals surface area contributed by atoms with E-state index in [4.69, 9.17) is 11.6 Å². The summed E-state index contributed by atoms with van der Waals surface area (Å²) >= 11 is 5.90. The fourth-order valence-corrected chi connectivity index (χ4v) is 3.19. The normalized spacial score (nSPS) is 23.5. The molecule has 0 amide bonds. The van der Waals surface area contributed by atoms with Gasteiger partial charge >= 0.3 is 0 Å². The number of rotatable bonds is 5. The third-order valence-corrected chi connectivity index (χ3v) is 4.37. The van der Waals surface area contributed by atoms with Gasteiger partial charge in [-0.05, 0) is 49.8 Å². The van der Waals surface area contributed by atoms with Crippen LogP contribution in [0.2, 0.25) is 5.02 Å². The van der Waals surface area contributed by atoms with Gasteiger partial charge < -0.3 is 5.32 Å². The Morgan fingerprint density at radius 1 is 1.26 bits per heavy atom. The SMILES string of the molecule is CCCC1CCC(NCc2cc(Cl)ccc2F)CC1. The molecule has 1 aromatic rings. The minimum absolute atomic E-state index is 0.170. The molecule has 19 heavy (non-hydrogen) atoms. The van der Waals surface area contributed by atoms with Gasteiger partial charge in [-0.15, -0.1) is 0 Å². The molecule has 1 fully saturated rings. The molecule has 1 saturated carbocycles. The van der Waals surface area contributed by atoms with Crippen LogP contribution in [0.4, 0.5) is 4.39 Å². The van der Waals surface area contributed by atoms with Crippen LogP contribution in [-0.4, -0.2) is 6.04 Å². The van der Waals surface area contributed by atoms with Crippen LogP contribution in [0.1, 0.15) is 51.0 Å². The summed E-state index contributed by atoms with van der Waals surface area (Å²) in [6.07, 6.45) is 7.69. The molecule has 0 saturated heterocycles. The molecule has 1 aromatic carbocycles. The van der Waals surface area contributed by atoms with E-state index in [1.54, 1.807) is 12.1 Å². The molecule has 0 heterocycles. The number of nitrogens with one attached hydrogen (secondary N) is 1. The summed E-state index contributed by atoms with van der Waals surface area (Å²) < 4.78 is 13.6. The van der Waals surface area contributed by atoms with Crippen molar-refractivity contribution in [3.8, 4) is 0 Å². The predicted molar refractivity (Wildman–Crippen MR) is 78.9 cm³/mol. The van der Waals surface area contributed by atoms with Gasteiger partial charge in [0.05, 0.1) is 0 Å². The van der Waals surface area contributed by atoms with Gasteiger partial charge in [0.2, 0.25) is 0 Å². The number of benzene rings is 1. The highest BCUT2D eigenvalue weighted by Crippen LogP contribution is 2.28. The molecule has 2 rings (SSSR count). The van der Waals surface area contributed by atoms with Crippen LogP contribution in [0.5, 0.6) is 0 Å². The maximum atomic E-state index is 13.6. The van der Waals surface area contributed by atoms with Crippen LogP contribution >= 0.6 is 11.6 Å². The van der Waals surface area contributed by atoms with Crippen LogP contribution in [0.15, 0.2) is 18.2 Å². The monoisotopic (exact) mass is 283 g/mol. The standard InChI is InChI=1S/C16H23ClFN/c1-2-3-12-4-7-15(8-5-12)19-11-13-10-14(17)6-9-16(13)18/h6,9-10,12,15,19H,2-5,7-8,11H2,1H3. The average Bonchev–Trinajstić information content (AvgIpc) is 2.42. The van der Waals surface area contributed by atoms with E-state index in [0.717, 1.165) is 5.92 Å². The molecule has 1 nitrogen and oxygen atoms in total. The Labute approximate surface area is 120 Å². The second-order valence-electron chi connectivity index (χ2n) is 5.62.